The molecular weight excluding hydrogens is 250 g/mol. The summed E-state index contributed by atoms with van der Waals surface area (Å²) in [5.74, 6) is -0.719. The molecule has 1 aromatic rings. The van der Waals surface area contributed by atoms with Crippen molar-refractivity contribution in [3.05, 3.63) is 30.3 Å². The number of carbonyl (C=O) groups is 2. The van der Waals surface area contributed by atoms with Crippen LogP contribution in [0, 0.1) is 0 Å². The van der Waals surface area contributed by atoms with Crippen LogP contribution in [0.4, 0.5) is 0 Å². The summed E-state index contributed by atoms with van der Waals surface area (Å²) in [5.41, 5.74) is 0. The molecule has 1 aromatic carbocycles. The van der Waals surface area contributed by atoms with Crippen LogP contribution < -0.4 is 5.32 Å². The van der Waals surface area contributed by atoms with E-state index >= 15 is 0 Å². The van der Waals surface area contributed by atoms with Crippen molar-refractivity contribution in [1.29, 1.82) is 0 Å². The number of esters is 1. The monoisotopic (exact) mass is 267 g/mol. The van der Waals surface area contributed by atoms with Gasteiger partial charge in [0.05, 0.1) is 6.61 Å². The van der Waals surface area contributed by atoms with Crippen molar-refractivity contribution in [2.24, 2.45) is 0 Å². The van der Waals surface area contributed by atoms with Gasteiger partial charge in [-0.2, -0.15) is 0 Å². The summed E-state index contributed by atoms with van der Waals surface area (Å²) in [7, 11) is 0. The van der Waals surface area contributed by atoms with Crippen LogP contribution in [0.15, 0.2) is 35.2 Å². The lowest BCUT2D eigenvalue weighted by Gasteiger charge is -2.27. The van der Waals surface area contributed by atoms with Gasteiger partial charge in [0.1, 0.15) is 0 Å². The maximum atomic E-state index is 11.9. The van der Waals surface area contributed by atoms with E-state index < -0.39 is 10.8 Å². The predicted molar refractivity (Wildman–Crippen MR) is 71.2 cm³/mol. The first-order valence-corrected chi connectivity index (χ1v) is 6.49. The van der Waals surface area contributed by atoms with Crippen molar-refractivity contribution in [3.8, 4) is 0 Å². The summed E-state index contributed by atoms with van der Waals surface area (Å²) in [6.07, 6.45) is 0. The molecular formula is C13H17NO3S. The molecule has 0 aliphatic heterocycles. The number of carbonyl (C=O) groups excluding carboxylic acids is 2. The van der Waals surface area contributed by atoms with Crippen molar-refractivity contribution in [2.45, 2.75) is 30.5 Å². The first-order chi connectivity index (χ1) is 8.48. The third-order valence-electron chi connectivity index (χ3n) is 2.14. The average Bonchev–Trinajstić information content (AvgIpc) is 2.29. The van der Waals surface area contributed by atoms with Crippen LogP contribution in [0.25, 0.3) is 0 Å². The molecule has 0 spiro atoms. The Bertz CT molecular complexity index is 422. The normalized spacial score (nSPS) is 13.5. The fourth-order valence-electron chi connectivity index (χ4n) is 1.45. The molecule has 0 fully saturated rings. The second-order valence-corrected chi connectivity index (χ2v) is 5.34. The molecule has 4 nitrogen and oxygen atoms in total. The van der Waals surface area contributed by atoms with Crippen molar-refractivity contribution in [1.82, 2.24) is 5.32 Å². The molecule has 1 amide bonds. The zero-order valence-corrected chi connectivity index (χ0v) is 11.5. The molecule has 0 aliphatic rings. The Labute approximate surface area is 111 Å². The Hall–Kier alpha value is -1.49. The van der Waals surface area contributed by atoms with E-state index in [1.54, 1.807) is 13.8 Å². The van der Waals surface area contributed by atoms with E-state index in [1.165, 1.54) is 18.7 Å². The highest BCUT2D eigenvalue weighted by molar-refractivity contribution is 8.01. The van der Waals surface area contributed by atoms with Gasteiger partial charge in [-0.1, -0.05) is 30.0 Å². The molecule has 0 saturated heterocycles. The number of amides is 1. The maximum Gasteiger partial charge on any atom is 0.342 e. The Morgan fingerprint density at radius 3 is 2.44 bits per heavy atom. The fourth-order valence-corrected chi connectivity index (χ4v) is 2.55. The van der Waals surface area contributed by atoms with E-state index in [4.69, 9.17) is 4.74 Å². The van der Waals surface area contributed by atoms with Gasteiger partial charge < -0.3 is 10.1 Å². The van der Waals surface area contributed by atoms with Crippen LogP contribution in [0.3, 0.4) is 0 Å². The molecule has 98 valence electrons. The Balaban J connectivity index is 2.90. The zero-order valence-electron chi connectivity index (χ0n) is 10.7. The standard InChI is InChI=1S/C13H17NO3S/c1-4-17-12(16)13(3,14-10(2)15)18-11-8-6-5-7-9-11/h5-9H,4H2,1-3H3,(H,14,15). The van der Waals surface area contributed by atoms with E-state index in [-0.39, 0.29) is 12.5 Å². The van der Waals surface area contributed by atoms with Gasteiger partial charge in [0, 0.05) is 11.8 Å². The lowest BCUT2D eigenvalue weighted by Crippen LogP contribution is -2.49. The Kier molecular flexibility index (Phi) is 5.22. The van der Waals surface area contributed by atoms with Gasteiger partial charge in [-0.05, 0) is 26.0 Å². The highest BCUT2D eigenvalue weighted by Gasteiger charge is 2.37. The molecule has 1 rings (SSSR count). The lowest BCUT2D eigenvalue weighted by molar-refractivity contribution is -0.148. The van der Waals surface area contributed by atoms with Crippen LogP contribution in [0.2, 0.25) is 0 Å². The van der Waals surface area contributed by atoms with Gasteiger partial charge in [0.25, 0.3) is 0 Å². The fraction of sp³-hybridized carbons (Fsp3) is 0.385. The van der Waals surface area contributed by atoms with Crippen LogP contribution in [-0.4, -0.2) is 23.4 Å². The van der Waals surface area contributed by atoms with E-state index in [9.17, 15) is 9.59 Å². The van der Waals surface area contributed by atoms with Gasteiger partial charge in [-0.25, -0.2) is 4.79 Å². The molecule has 0 bridgehead atoms. The SMILES string of the molecule is CCOC(=O)C(C)(NC(C)=O)Sc1ccccc1. The molecule has 0 heterocycles. The van der Waals surface area contributed by atoms with Gasteiger partial charge in [0.15, 0.2) is 4.87 Å². The maximum absolute atomic E-state index is 11.9. The van der Waals surface area contributed by atoms with E-state index in [1.807, 2.05) is 30.3 Å². The molecule has 1 atom stereocenters. The summed E-state index contributed by atoms with van der Waals surface area (Å²) in [6.45, 7) is 5.04. The summed E-state index contributed by atoms with van der Waals surface area (Å²) in [6, 6.07) is 9.40. The highest BCUT2D eigenvalue weighted by Crippen LogP contribution is 2.31. The molecule has 5 heteroatoms. The zero-order chi connectivity index (χ0) is 13.6. The lowest BCUT2D eigenvalue weighted by atomic mass is 10.3. The number of hydrogen-bond acceptors (Lipinski definition) is 4. The number of ether oxygens (including phenoxy) is 1. The first-order valence-electron chi connectivity index (χ1n) is 5.68. The minimum absolute atomic E-state index is 0.269. The minimum Gasteiger partial charge on any atom is -0.464 e. The summed E-state index contributed by atoms with van der Waals surface area (Å²) < 4.78 is 5.01. The number of hydrogen-bond donors (Lipinski definition) is 1. The van der Waals surface area contributed by atoms with E-state index in [0.717, 1.165) is 4.90 Å². The average molecular weight is 267 g/mol. The second kappa shape index (κ2) is 6.44. The van der Waals surface area contributed by atoms with Gasteiger partial charge in [-0.3, -0.25) is 4.79 Å². The number of benzene rings is 1. The van der Waals surface area contributed by atoms with Crippen LogP contribution >= 0.6 is 11.8 Å². The summed E-state index contributed by atoms with van der Waals surface area (Å²) in [5, 5.41) is 2.64. The van der Waals surface area contributed by atoms with Gasteiger partial charge in [-0.15, -0.1) is 0 Å². The van der Waals surface area contributed by atoms with Crippen LogP contribution in [0.1, 0.15) is 20.8 Å². The van der Waals surface area contributed by atoms with Crippen LogP contribution in [0.5, 0.6) is 0 Å². The number of thioether (sulfide) groups is 1. The summed E-state index contributed by atoms with van der Waals surface area (Å²) in [4.78, 5) is 23.0. The molecule has 18 heavy (non-hydrogen) atoms. The minimum atomic E-state index is -1.11. The van der Waals surface area contributed by atoms with E-state index in [2.05, 4.69) is 5.32 Å². The molecule has 0 saturated carbocycles. The Morgan fingerprint density at radius 2 is 1.94 bits per heavy atom. The molecule has 0 radical (unpaired) electrons. The highest BCUT2D eigenvalue weighted by atomic mass is 32.2. The number of nitrogens with one attached hydrogen (secondary N) is 1. The third-order valence-corrected chi connectivity index (χ3v) is 3.33. The van der Waals surface area contributed by atoms with Crippen molar-refractivity contribution < 1.29 is 14.3 Å². The summed E-state index contributed by atoms with van der Waals surface area (Å²) >= 11 is 1.26. The molecule has 0 aliphatic carbocycles. The quantitative estimate of drug-likeness (QED) is 0.505. The molecule has 0 aromatic heterocycles. The van der Waals surface area contributed by atoms with Crippen LogP contribution in [-0.2, 0) is 14.3 Å². The molecule has 1 unspecified atom stereocenters. The smallest absolute Gasteiger partial charge is 0.342 e. The second-order valence-electron chi connectivity index (χ2n) is 3.85. The largest absolute Gasteiger partial charge is 0.464 e. The van der Waals surface area contributed by atoms with E-state index in [0.29, 0.717) is 0 Å². The first kappa shape index (κ1) is 14.6. The third kappa shape index (κ3) is 4.07. The number of rotatable bonds is 5. The van der Waals surface area contributed by atoms with Crippen molar-refractivity contribution in [3.63, 3.8) is 0 Å². The van der Waals surface area contributed by atoms with Crippen molar-refractivity contribution >= 4 is 23.6 Å². The van der Waals surface area contributed by atoms with Gasteiger partial charge >= 0.3 is 5.97 Å². The topological polar surface area (TPSA) is 55.4 Å². The van der Waals surface area contributed by atoms with Gasteiger partial charge in [0.2, 0.25) is 5.91 Å². The molecule has 1 N–H and O–H groups in total. The van der Waals surface area contributed by atoms with Crippen molar-refractivity contribution in [2.75, 3.05) is 6.61 Å². The predicted octanol–water partition coefficient (Wildman–Crippen LogP) is 2.19. The Morgan fingerprint density at radius 1 is 1.33 bits per heavy atom.